The summed E-state index contributed by atoms with van der Waals surface area (Å²) in [5.41, 5.74) is 2.34. The summed E-state index contributed by atoms with van der Waals surface area (Å²) in [5, 5.41) is 4.64. The lowest BCUT2D eigenvalue weighted by atomic mass is 9.78. The van der Waals surface area contributed by atoms with Gasteiger partial charge in [0.15, 0.2) is 0 Å². The van der Waals surface area contributed by atoms with Gasteiger partial charge in [-0.3, -0.25) is 0 Å². The summed E-state index contributed by atoms with van der Waals surface area (Å²) in [6.07, 6.45) is 1.89. The molecule has 0 spiro atoms. The zero-order valence-corrected chi connectivity index (χ0v) is 10.0. The second-order valence-corrected chi connectivity index (χ2v) is 4.70. The minimum atomic E-state index is 0.0998. The van der Waals surface area contributed by atoms with Crippen LogP contribution in [0.5, 0.6) is 0 Å². The van der Waals surface area contributed by atoms with Crippen molar-refractivity contribution in [2.24, 2.45) is 0 Å². The van der Waals surface area contributed by atoms with Crippen molar-refractivity contribution in [1.29, 1.82) is 0 Å². The molecule has 3 rings (SSSR count). The van der Waals surface area contributed by atoms with Crippen molar-refractivity contribution >= 4 is 11.0 Å². The molecule has 3 heteroatoms. The van der Waals surface area contributed by atoms with E-state index in [1.807, 2.05) is 18.4 Å². The van der Waals surface area contributed by atoms with Crippen LogP contribution in [-0.2, 0) is 10.2 Å². The highest BCUT2D eigenvalue weighted by Crippen LogP contribution is 2.37. The minimum absolute atomic E-state index is 0.0998. The number of para-hydroxylation sites is 1. The topological polar surface area (TPSA) is 34.4 Å². The van der Waals surface area contributed by atoms with Crippen LogP contribution in [0.25, 0.3) is 11.0 Å². The zero-order valence-electron chi connectivity index (χ0n) is 10.0. The Labute approximate surface area is 101 Å². The van der Waals surface area contributed by atoms with Crippen molar-refractivity contribution in [2.45, 2.75) is 12.3 Å². The van der Waals surface area contributed by atoms with E-state index in [2.05, 4.69) is 24.4 Å². The largest absolute Gasteiger partial charge is 0.464 e. The standard InChI is InChI=1S/C14H17NO2/c1-2-15-8-14(9-16-10-14)12-7-17-13-6-4-3-5-11(12)13/h3-7,15H,2,8-10H2,1H3. The summed E-state index contributed by atoms with van der Waals surface area (Å²) in [4.78, 5) is 0. The van der Waals surface area contributed by atoms with Gasteiger partial charge in [0, 0.05) is 17.5 Å². The van der Waals surface area contributed by atoms with E-state index in [1.54, 1.807) is 0 Å². The number of hydrogen-bond donors (Lipinski definition) is 1. The second kappa shape index (κ2) is 4.17. The molecule has 0 atom stereocenters. The first-order valence-electron chi connectivity index (χ1n) is 6.11. The van der Waals surface area contributed by atoms with E-state index in [-0.39, 0.29) is 5.41 Å². The van der Waals surface area contributed by atoms with E-state index in [0.29, 0.717) is 0 Å². The van der Waals surface area contributed by atoms with Gasteiger partial charge < -0.3 is 14.5 Å². The fraction of sp³-hybridized carbons (Fsp3) is 0.429. The number of furan rings is 1. The van der Waals surface area contributed by atoms with Gasteiger partial charge in [-0.15, -0.1) is 0 Å². The number of fused-ring (bicyclic) bond motifs is 1. The Kier molecular flexibility index (Phi) is 2.65. The van der Waals surface area contributed by atoms with Gasteiger partial charge in [-0.2, -0.15) is 0 Å². The first-order valence-corrected chi connectivity index (χ1v) is 6.11. The quantitative estimate of drug-likeness (QED) is 0.876. The molecule has 1 aliphatic rings. The molecule has 2 heterocycles. The summed E-state index contributed by atoms with van der Waals surface area (Å²) in [7, 11) is 0. The molecule has 17 heavy (non-hydrogen) atoms. The maximum Gasteiger partial charge on any atom is 0.134 e. The van der Waals surface area contributed by atoms with Gasteiger partial charge in [-0.1, -0.05) is 25.1 Å². The fourth-order valence-electron chi connectivity index (χ4n) is 2.45. The molecular weight excluding hydrogens is 214 g/mol. The minimum Gasteiger partial charge on any atom is -0.464 e. The Bertz CT molecular complexity index is 514. The number of benzene rings is 1. The van der Waals surface area contributed by atoms with Crippen molar-refractivity contribution in [2.75, 3.05) is 26.3 Å². The third-order valence-corrected chi connectivity index (χ3v) is 3.52. The Balaban J connectivity index is 2.01. The number of nitrogens with one attached hydrogen (secondary N) is 1. The highest BCUT2D eigenvalue weighted by molar-refractivity contribution is 5.82. The molecule has 0 saturated carbocycles. The van der Waals surface area contributed by atoms with Crippen LogP contribution in [-0.4, -0.2) is 26.3 Å². The highest BCUT2D eigenvalue weighted by atomic mass is 16.5. The molecule has 1 aromatic heterocycles. The lowest BCUT2D eigenvalue weighted by Gasteiger charge is -2.41. The number of ether oxygens (including phenoxy) is 1. The summed E-state index contributed by atoms with van der Waals surface area (Å²) < 4.78 is 11.1. The zero-order chi connectivity index (χ0) is 11.7. The SMILES string of the molecule is CCNCC1(c2coc3ccccc23)COC1. The van der Waals surface area contributed by atoms with Gasteiger partial charge in [0.1, 0.15) is 5.58 Å². The van der Waals surface area contributed by atoms with Crippen molar-refractivity contribution in [3.05, 3.63) is 36.1 Å². The van der Waals surface area contributed by atoms with Crippen LogP contribution in [0.2, 0.25) is 0 Å². The van der Waals surface area contributed by atoms with Gasteiger partial charge in [0.05, 0.1) is 24.9 Å². The highest BCUT2D eigenvalue weighted by Gasteiger charge is 2.42. The van der Waals surface area contributed by atoms with Gasteiger partial charge in [0.25, 0.3) is 0 Å². The monoisotopic (exact) mass is 231 g/mol. The van der Waals surface area contributed by atoms with Crippen molar-refractivity contribution < 1.29 is 9.15 Å². The van der Waals surface area contributed by atoms with Gasteiger partial charge >= 0.3 is 0 Å². The van der Waals surface area contributed by atoms with Crippen LogP contribution in [0.3, 0.4) is 0 Å². The summed E-state index contributed by atoms with van der Waals surface area (Å²) in [5.74, 6) is 0. The maximum absolute atomic E-state index is 5.63. The van der Waals surface area contributed by atoms with E-state index in [9.17, 15) is 0 Å². The summed E-state index contributed by atoms with van der Waals surface area (Å²) >= 11 is 0. The molecule has 1 aromatic carbocycles. The van der Waals surface area contributed by atoms with Crippen LogP contribution >= 0.6 is 0 Å². The predicted octanol–water partition coefficient (Wildman–Crippen LogP) is 2.31. The third-order valence-electron chi connectivity index (χ3n) is 3.52. The normalized spacial score (nSPS) is 18.2. The first kappa shape index (κ1) is 10.8. The van der Waals surface area contributed by atoms with Crippen molar-refractivity contribution in [3.63, 3.8) is 0 Å². The average Bonchev–Trinajstić information content (AvgIpc) is 2.73. The Morgan fingerprint density at radius 1 is 1.29 bits per heavy atom. The molecule has 1 saturated heterocycles. The molecule has 90 valence electrons. The molecule has 0 bridgehead atoms. The van der Waals surface area contributed by atoms with Crippen LogP contribution in [0.15, 0.2) is 34.9 Å². The van der Waals surface area contributed by atoms with Crippen molar-refractivity contribution in [3.8, 4) is 0 Å². The predicted molar refractivity (Wildman–Crippen MR) is 67.3 cm³/mol. The molecule has 1 N–H and O–H groups in total. The maximum atomic E-state index is 5.63. The molecule has 0 unspecified atom stereocenters. The molecule has 1 fully saturated rings. The molecular formula is C14H17NO2. The average molecular weight is 231 g/mol. The van der Waals surface area contributed by atoms with Gasteiger partial charge in [-0.05, 0) is 12.6 Å². The van der Waals surface area contributed by atoms with Crippen LogP contribution in [0.4, 0.5) is 0 Å². The van der Waals surface area contributed by atoms with Crippen LogP contribution in [0.1, 0.15) is 12.5 Å². The van der Waals surface area contributed by atoms with E-state index in [1.165, 1.54) is 10.9 Å². The first-order chi connectivity index (χ1) is 8.36. The molecule has 0 radical (unpaired) electrons. The number of likely N-dealkylation sites (N-methyl/N-ethyl adjacent to an activating group) is 1. The van der Waals surface area contributed by atoms with E-state index in [4.69, 9.17) is 9.15 Å². The molecule has 2 aromatic rings. The van der Waals surface area contributed by atoms with E-state index >= 15 is 0 Å². The van der Waals surface area contributed by atoms with Crippen LogP contribution in [0, 0.1) is 0 Å². The number of rotatable bonds is 4. The smallest absolute Gasteiger partial charge is 0.134 e. The summed E-state index contributed by atoms with van der Waals surface area (Å²) in [6.45, 7) is 5.62. The Morgan fingerprint density at radius 2 is 2.12 bits per heavy atom. The van der Waals surface area contributed by atoms with Gasteiger partial charge in [-0.25, -0.2) is 0 Å². The van der Waals surface area contributed by atoms with E-state index in [0.717, 1.165) is 31.9 Å². The van der Waals surface area contributed by atoms with E-state index < -0.39 is 0 Å². The van der Waals surface area contributed by atoms with Crippen molar-refractivity contribution in [1.82, 2.24) is 5.32 Å². The number of hydrogen-bond acceptors (Lipinski definition) is 3. The molecule has 0 aliphatic carbocycles. The Hall–Kier alpha value is -1.32. The molecule has 3 nitrogen and oxygen atoms in total. The Morgan fingerprint density at radius 3 is 2.82 bits per heavy atom. The second-order valence-electron chi connectivity index (χ2n) is 4.70. The van der Waals surface area contributed by atoms with Crippen LogP contribution < -0.4 is 5.32 Å². The molecule has 0 amide bonds. The third kappa shape index (κ3) is 1.66. The molecule has 1 aliphatic heterocycles. The summed E-state index contributed by atoms with van der Waals surface area (Å²) in [6, 6.07) is 8.20. The lowest BCUT2D eigenvalue weighted by Crippen LogP contribution is -2.53. The van der Waals surface area contributed by atoms with Gasteiger partial charge in [0.2, 0.25) is 0 Å². The fourth-order valence-corrected chi connectivity index (χ4v) is 2.45. The lowest BCUT2D eigenvalue weighted by molar-refractivity contribution is -0.0584.